The van der Waals surface area contributed by atoms with Gasteiger partial charge in [-0.25, -0.2) is 0 Å². The fourth-order valence-electron chi connectivity index (χ4n) is 11.7. The van der Waals surface area contributed by atoms with Crippen LogP contribution in [-0.4, -0.2) is 9.13 Å². The standard InChI is InChI=1S/C63H49BrN2O/c1-61(2,3)38-34-39(62(4,5)6)36-40(35-38)65-53-26-15-10-21-46(53)47-32-33-55-58(60(47)65)48-22-11-16-27-54(48)66(55)56-28-17-29-57(59(56)64)67-41-30-31-45-44-20-9-14-25-51(44)63(52(45)37-41)49-23-12-7-18-42(49)43-19-8-13-24-50(43)63/h7-37H,1-6H3. The van der Waals surface area contributed by atoms with Gasteiger partial charge in [-0.15, -0.1) is 0 Å². The zero-order valence-corrected chi connectivity index (χ0v) is 40.2. The van der Waals surface area contributed by atoms with Gasteiger partial charge in [0, 0.05) is 27.2 Å². The lowest BCUT2D eigenvalue weighted by molar-refractivity contribution is 0.478. The number of rotatable bonds is 4. The molecule has 0 bridgehead atoms. The Morgan fingerprint density at radius 2 is 0.970 bits per heavy atom. The van der Waals surface area contributed by atoms with Gasteiger partial charge in [-0.3, -0.25) is 0 Å². The van der Waals surface area contributed by atoms with Gasteiger partial charge in [0.1, 0.15) is 11.5 Å². The number of hydrogen-bond donors (Lipinski definition) is 0. The van der Waals surface area contributed by atoms with E-state index in [0.717, 1.165) is 32.7 Å². The maximum atomic E-state index is 7.07. The largest absolute Gasteiger partial charge is 0.456 e. The van der Waals surface area contributed by atoms with Crippen LogP contribution < -0.4 is 4.74 Å². The third-order valence-corrected chi connectivity index (χ3v) is 15.6. The second-order valence-electron chi connectivity index (χ2n) is 20.6. The van der Waals surface area contributed by atoms with Gasteiger partial charge in [-0.05, 0) is 137 Å². The summed E-state index contributed by atoms with van der Waals surface area (Å²) < 4.78 is 12.9. The number of para-hydroxylation sites is 2. The molecule has 324 valence electrons. The molecule has 11 aromatic rings. The van der Waals surface area contributed by atoms with Crippen LogP contribution in [0.5, 0.6) is 11.5 Å². The molecule has 3 nitrogen and oxygen atoms in total. The molecule has 9 aromatic carbocycles. The van der Waals surface area contributed by atoms with E-state index in [2.05, 4.69) is 255 Å². The Labute approximate surface area is 400 Å². The highest BCUT2D eigenvalue weighted by atomic mass is 79.9. The zero-order chi connectivity index (χ0) is 45.6. The fraction of sp³-hybridized carbons (Fsp3) is 0.143. The van der Waals surface area contributed by atoms with Gasteiger partial charge < -0.3 is 13.9 Å². The van der Waals surface area contributed by atoms with E-state index in [9.17, 15) is 0 Å². The van der Waals surface area contributed by atoms with Gasteiger partial charge >= 0.3 is 0 Å². The topological polar surface area (TPSA) is 19.1 Å². The molecule has 4 heteroatoms. The van der Waals surface area contributed by atoms with Crippen molar-refractivity contribution in [3.05, 3.63) is 226 Å². The second kappa shape index (κ2) is 14.2. The molecule has 0 saturated heterocycles. The van der Waals surface area contributed by atoms with Crippen LogP contribution in [-0.2, 0) is 16.2 Å². The van der Waals surface area contributed by atoms with Gasteiger partial charge in [0.2, 0.25) is 0 Å². The van der Waals surface area contributed by atoms with Gasteiger partial charge in [0.25, 0.3) is 0 Å². The first-order chi connectivity index (χ1) is 32.4. The van der Waals surface area contributed by atoms with E-state index in [-0.39, 0.29) is 10.8 Å². The summed E-state index contributed by atoms with van der Waals surface area (Å²) in [4.78, 5) is 0. The average molecular weight is 930 g/mol. The monoisotopic (exact) mass is 928 g/mol. The van der Waals surface area contributed by atoms with Crippen molar-refractivity contribution in [2.45, 2.75) is 57.8 Å². The highest BCUT2D eigenvalue weighted by Crippen LogP contribution is 2.63. The summed E-state index contributed by atoms with van der Waals surface area (Å²) >= 11 is 4.15. The molecule has 2 aromatic heterocycles. The molecule has 67 heavy (non-hydrogen) atoms. The van der Waals surface area contributed by atoms with E-state index in [1.807, 2.05) is 0 Å². The average Bonchev–Trinajstić information content (AvgIpc) is 4.04. The van der Waals surface area contributed by atoms with Gasteiger partial charge in [0.05, 0.1) is 37.6 Å². The Kier molecular flexibility index (Phi) is 8.50. The maximum absolute atomic E-state index is 7.07. The lowest BCUT2D eigenvalue weighted by Crippen LogP contribution is -2.25. The summed E-state index contributed by atoms with van der Waals surface area (Å²) in [6, 6.07) is 69.5. The Bertz CT molecular complexity index is 3790. The minimum Gasteiger partial charge on any atom is -0.456 e. The zero-order valence-electron chi connectivity index (χ0n) is 38.6. The highest BCUT2D eigenvalue weighted by molar-refractivity contribution is 9.10. The van der Waals surface area contributed by atoms with Gasteiger partial charge in [-0.1, -0.05) is 175 Å². The van der Waals surface area contributed by atoms with Crippen LogP contribution in [0.15, 0.2) is 193 Å². The van der Waals surface area contributed by atoms with Crippen molar-refractivity contribution in [3.8, 4) is 45.1 Å². The molecular weight excluding hydrogens is 881 g/mol. The van der Waals surface area contributed by atoms with Crippen molar-refractivity contribution in [3.63, 3.8) is 0 Å². The first kappa shape index (κ1) is 40.2. The third-order valence-electron chi connectivity index (χ3n) is 14.8. The molecular formula is C63H49BrN2O. The third kappa shape index (κ3) is 5.63. The van der Waals surface area contributed by atoms with Crippen molar-refractivity contribution in [2.24, 2.45) is 0 Å². The first-order valence-electron chi connectivity index (χ1n) is 23.5. The Morgan fingerprint density at radius 3 is 1.58 bits per heavy atom. The number of fused-ring (bicyclic) bond motifs is 17. The SMILES string of the molecule is CC(C)(C)c1cc(-n2c3ccccc3c3ccc4c(c5ccccc5n4-c4cccc(Oc5ccc6c(c5)C5(c7ccccc7-c7ccccc75)c5ccccc5-6)c4Br)c32)cc(C(C)(C)C)c1. The predicted molar refractivity (Wildman–Crippen MR) is 283 cm³/mol. The molecule has 1 spiro atoms. The Hall–Kier alpha value is -7.14. The molecule has 0 radical (unpaired) electrons. The number of ether oxygens (including phenoxy) is 1. The summed E-state index contributed by atoms with van der Waals surface area (Å²) in [6.45, 7) is 13.9. The van der Waals surface area contributed by atoms with Crippen LogP contribution in [0.3, 0.4) is 0 Å². The Morgan fingerprint density at radius 1 is 0.433 bits per heavy atom. The van der Waals surface area contributed by atoms with Crippen molar-refractivity contribution < 1.29 is 4.74 Å². The molecule has 0 aliphatic heterocycles. The molecule has 0 fully saturated rings. The quantitative estimate of drug-likeness (QED) is 0.172. The van der Waals surface area contributed by atoms with Crippen LogP contribution in [0.2, 0.25) is 0 Å². The number of hydrogen-bond acceptors (Lipinski definition) is 1. The van der Waals surface area contributed by atoms with E-state index in [4.69, 9.17) is 4.74 Å². The molecule has 2 heterocycles. The predicted octanol–water partition coefficient (Wildman–Crippen LogP) is 17.4. The molecule has 0 saturated carbocycles. The van der Waals surface area contributed by atoms with E-state index < -0.39 is 5.41 Å². The second-order valence-corrected chi connectivity index (χ2v) is 21.4. The highest BCUT2D eigenvalue weighted by Gasteiger charge is 2.51. The lowest BCUT2D eigenvalue weighted by atomic mass is 9.70. The number of benzene rings is 9. The summed E-state index contributed by atoms with van der Waals surface area (Å²) in [7, 11) is 0. The van der Waals surface area contributed by atoms with Crippen molar-refractivity contribution in [1.29, 1.82) is 0 Å². The summed E-state index contributed by atoms with van der Waals surface area (Å²) in [5.41, 5.74) is 19.3. The van der Waals surface area contributed by atoms with Crippen molar-refractivity contribution in [2.75, 3.05) is 0 Å². The van der Waals surface area contributed by atoms with E-state index in [1.54, 1.807) is 0 Å². The number of nitrogens with zero attached hydrogens (tertiary/aromatic N) is 2. The van der Waals surface area contributed by atoms with Gasteiger partial charge in [-0.2, -0.15) is 0 Å². The van der Waals surface area contributed by atoms with E-state index in [1.165, 1.54) is 93.9 Å². The molecule has 0 unspecified atom stereocenters. The molecule has 13 rings (SSSR count). The van der Waals surface area contributed by atoms with Crippen molar-refractivity contribution >= 4 is 59.5 Å². The minimum absolute atomic E-state index is 0.0287. The van der Waals surface area contributed by atoms with E-state index in [0.29, 0.717) is 0 Å². The van der Waals surface area contributed by atoms with Crippen LogP contribution in [0, 0.1) is 0 Å². The van der Waals surface area contributed by atoms with Crippen LogP contribution >= 0.6 is 15.9 Å². The smallest absolute Gasteiger partial charge is 0.143 e. The summed E-state index contributed by atoms with van der Waals surface area (Å²) in [5, 5.41) is 4.91. The molecule has 0 amide bonds. The van der Waals surface area contributed by atoms with Crippen LogP contribution in [0.25, 0.3) is 77.2 Å². The number of aromatic nitrogens is 2. The first-order valence-corrected chi connectivity index (χ1v) is 24.2. The van der Waals surface area contributed by atoms with Crippen LogP contribution in [0.1, 0.15) is 74.9 Å². The molecule has 0 atom stereocenters. The fourth-order valence-corrected chi connectivity index (χ4v) is 12.2. The lowest BCUT2D eigenvalue weighted by Gasteiger charge is -2.30. The Balaban J connectivity index is 1.00. The van der Waals surface area contributed by atoms with Crippen LogP contribution in [0.4, 0.5) is 0 Å². The number of halogens is 1. The summed E-state index contributed by atoms with van der Waals surface area (Å²) in [5.74, 6) is 1.55. The molecule has 2 aliphatic rings. The van der Waals surface area contributed by atoms with Crippen molar-refractivity contribution in [1.82, 2.24) is 9.13 Å². The normalized spacial score (nSPS) is 13.7. The molecule has 2 aliphatic carbocycles. The minimum atomic E-state index is -0.448. The molecule has 0 N–H and O–H groups in total. The maximum Gasteiger partial charge on any atom is 0.143 e. The van der Waals surface area contributed by atoms with E-state index >= 15 is 0 Å². The summed E-state index contributed by atoms with van der Waals surface area (Å²) in [6.07, 6.45) is 0. The van der Waals surface area contributed by atoms with Gasteiger partial charge in [0.15, 0.2) is 0 Å².